The van der Waals surface area contributed by atoms with Gasteiger partial charge in [0.05, 0.1) is 5.75 Å². The Bertz CT molecular complexity index is 1610. The Kier molecular flexibility index (Phi) is 9.96. The van der Waals surface area contributed by atoms with Gasteiger partial charge in [-0.05, 0) is 86.2 Å². The van der Waals surface area contributed by atoms with E-state index >= 15 is 0 Å². The number of nitrogens with zero attached hydrogens (tertiary/aromatic N) is 1. The number of carbonyl (C=O) groups is 1. The second-order valence-electron chi connectivity index (χ2n) is 10.8. The van der Waals surface area contributed by atoms with Gasteiger partial charge in [0.1, 0.15) is 5.82 Å². The van der Waals surface area contributed by atoms with Crippen LogP contribution in [0.25, 0.3) is 11.1 Å². The molecule has 40 heavy (non-hydrogen) atoms. The summed E-state index contributed by atoms with van der Waals surface area (Å²) < 4.78 is 52.7. The zero-order valence-electron chi connectivity index (χ0n) is 23.6. The largest absolute Gasteiger partial charge is 0.318 e. The van der Waals surface area contributed by atoms with Crippen LogP contribution in [0.15, 0.2) is 53.5 Å². The van der Waals surface area contributed by atoms with Gasteiger partial charge in [-0.15, -0.1) is 0 Å². The molecule has 0 radical (unpaired) electrons. The normalized spacial score (nSPS) is 13.7. The highest BCUT2D eigenvalue weighted by atomic mass is 35.5. The number of carbonyl (C=O) groups excluding carboxylic acids is 1. The first-order valence-electron chi connectivity index (χ1n) is 13.0. The molecule has 0 N–H and O–H groups in total. The van der Waals surface area contributed by atoms with E-state index < -0.39 is 37.0 Å². The smallest absolute Gasteiger partial charge is 0.250 e. The maximum absolute atomic E-state index is 13.8. The number of hydrogen-bond acceptors (Lipinski definition) is 5. The van der Waals surface area contributed by atoms with Crippen LogP contribution in [0.4, 0.5) is 4.39 Å². The molecule has 3 aromatic rings. The van der Waals surface area contributed by atoms with Gasteiger partial charge in [-0.25, -0.2) is 12.8 Å². The van der Waals surface area contributed by atoms with Crippen molar-refractivity contribution in [1.82, 2.24) is 4.57 Å². The van der Waals surface area contributed by atoms with Crippen LogP contribution < -0.4 is 5.56 Å². The number of ketones is 1. The summed E-state index contributed by atoms with van der Waals surface area (Å²) in [6.45, 7) is 9.15. The molecular formula is C30H35ClFNO5S2. The van der Waals surface area contributed by atoms with Crippen LogP contribution in [0.1, 0.15) is 74.0 Å². The van der Waals surface area contributed by atoms with E-state index in [1.807, 2.05) is 27.7 Å². The molecule has 2 aromatic carbocycles. The van der Waals surface area contributed by atoms with Crippen molar-refractivity contribution in [2.45, 2.75) is 57.5 Å². The van der Waals surface area contributed by atoms with Gasteiger partial charge in [0.25, 0.3) is 5.56 Å². The van der Waals surface area contributed by atoms with Crippen molar-refractivity contribution >= 4 is 38.0 Å². The number of halogens is 2. The number of rotatable bonds is 10. The fourth-order valence-electron chi connectivity index (χ4n) is 4.30. The fraction of sp³-hybridized carbons (Fsp3) is 0.400. The number of hydrogen-bond donors (Lipinski definition) is 0. The molecule has 2 atom stereocenters. The summed E-state index contributed by atoms with van der Waals surface area (Å²) >= 11 is 6.54. The van der Waals surface area contributed by atoms with Gasteiger partial charge in [-0.2, -0.15) is 0 Å². The number of sulfone groups is 1. The van der Waals surface area contributed by atoms with Gasteiger partial charge in [0.2, 0.25) is 0 Å². The van der Waals surface area contributed by atoms with Crippen LogP contribution >= 0.6 is 11.6 Å². The molecule has 6 nitrogen and oxygen atoms in total. The number of aryl methyl sites for hydroxylation is 1. The van der Waals surface area contributed by atoms with Crippen molar-refractivity contribution in [1.29, 1.82) is 0 Å². The number of benzene rings is 2. The molecular weight excluding hydrogens is 573 g/mol. The molecule has 10 heteroatoms. The highest BCUT2D eigenvalue weighted by Crippen LogP contribution is 2.37. The third kappa shape index (κ3) is 7.36. The van der Waals surface area contributed by atoms with Crippen molar-refractivity contribution < 1.29 is 21.8 Å². The SMILES string of the molecule is CC[C@H](C[S@@](=O)C(C)(C)C)c1cc(=O)n(C)cc1-c1cc(CS(=O)(=O)CC)c(Cl)cc1C(=O)c1ccc(F)cc1. The Morgan fingerprint density at radius 2 is 1.70 bits per heavy atom. The van der Waals surface area contributed by atoms with E-state index in [0.717, 1.165) is 0 Å². The Morgan fingerprint density at radius 1 is 1.07 bits per heavy atom. The number of aromatic nitrogens is 1. The topological polar surface area (TPSA) is 90.3 Å². The Hall–Kier alpha value is -2.62. The average molecular weight is 608 g/mol. The number of pyridine rings is 1. The Morgan fingerprint density at radius 3 is 2.25 bits per heavy atom. The summed E-state index contributed by atoms with van der Waals surface area (Å²) in [5, 5.41) is 0.110. The van der Waals surface area contributed by atoms with Gasteiger partial charge in [-0.3, -0.25) is 13.8 Å². The first-order chi connectivity index (χ1) is 18.6. The summed E-state index contributed by atoms with van der Waals surface area (Å²) in [6.07, 6.45) is 2.19. The van der Waals surface area contributed by atoms with Crippen molar-refractivity contribution in [3.63, 3.8) is 0 Å². The maximum Gasteiger partial charge on any atom is 0.250 e. The Labute approximate surface area is 243 Å². The summed E-state index contributed by atoms with van der Waals surface area (Å²) in [4.78, 5) is 26.6. The fourth-order valence-corrected chi connectivity index (χ4v) is 6.81. The van der Waals surface area contributed by atoms with Gasteiger partial charge >= 0.3 is 0 Å². The lowest BCUT2D eigenvalue weighted by atomic mass is 9.86. The van der Waals surface area contributed by atoms with Crippen molar-refractivity contribution in [3.05, 3.63) is 92.1 Å². The second kappa shape index (κ2) is 12.5. The highest BCUT2D eigenvalue weighted by Gasteiger charge is 2.28. The molecule has 0 unspecified atom stereocenters. The first kappa shape index (κ1) is 31.9. The Balaban J connectivity index is 2.36. The average Bonchev–Trinajstić information content (AvgIpc) is 2.89. The minimum Gasteiger partial charge on any atom is -0.318 e. The maximum atomic E-state index is 13.8. The summed E-state index contributed by atoms with van der Waals surface area (Å²) in [5.41, 5.74) is 2.00. The lowest BCUT2D eigenvalue weighted by Gasteiger charge is -2.25. The standard InChI is InChI=1S/C30H35ClFNO5S2/c1-7-19(17-39(36)30(3,4)5)23-15-28(34)33(6)16-26(23)24-13-21(18-40(37,38)8-2)27(31)14-25(24)29(35)20-9-11-22(32)12-10-20/h9-16,19H,7-8,17-18H2,1-6H3/t19-,39-/m1/s1. The summed E-state index contributed by atoms with van der Waals surface area (Å²) in [7, 11) is -3.11. The van der Waals surface area contributed by atoms with Crippen LogP contribution in [-0.2, 0) is 33.4 Å². The molecule has 0 fully saturated rings. The minimum absolute atomic E-state index is 0.0868. The summed E-state index contributed by atoms with van der Waals surface area (Å²) in [6, 6.07) is 9.62. The van der Waals surface area contributed by atoms with Gasteiger partial charge < -0.3 is 4.57 Å². The van der Waals surface area contributed by atoms with Crippen LogP contribution in [0, 0.1) is 5.82 Å². The van der Waals surface area contributed by atoms with Crippen LogP contribution in [-0.4, -0.2) is 39.2 Å². The van der Waals surface area contributed by atoms with Crippen LogP contribution in [0.3, 0.4) is 0 Å². The molecule has 1 heterocycles. The molecule has 0 aliphatic rings. The van der Waals surface area contributed by atoms with Crippen molar-refractivity contribution in [2.75, 3.05) is 11.5 Å². The molecule has 216 valence electrons. The van der Waals surface area contributed by atoms with E-state index in [1.165, 1.54) is 41.0 Å². The van der Waals surface area contributed by atoms with E-state index in [4.69, 9.17) is 11.6 Å². The van der Waals surface area contributed by atoms with E-state index in [2.05, 4.69) is 0 Å². The molecule has 0 saturated heterocycles. The van der Waals surface area contributed by atoms with E-state index in [0.29, 0.717) is 34.4 Å². The quantitative estimate of drug-likeness (QED) is 0.262. The van der Waals surface area contributed by atoms with Crippen LogP contribution in [0.2, 0.25) is 5.02 Å². The molecule has 0 spiro atoms. The van der Waals surface area contributed by atoms with Crippen molar-refractivity contribution in [2.24, 2.45) is 7.05 Å². The monoisotopic (exact) mass is 607 g/mol. The van der Waals surface area contributed by atoms with Gasteiger partial charge in [0.15, 0.2) is 15.6 Å². The second-order valence-corrected chi connectivity index (χ2v) is 15.8. The summed E-state index contributed by atoms with van der Waals surface area (Å²) in [5.74, 6) is -1.33. The van der Waals surface area contributed by atoms with Crippen LogP contribution in [0.5, 0.6) is 0 Å². The first-order valence-corrected chi connectivity index (χ1v) is 16.5. The minimum atomic E-state index is -3.47. The van der Waals surface area contributed by atoms with Gasteiger partial charge in [-0.1, -0.05) is 25.4 Å². The highest BCUT2D eigenvalue weighted by molar-refractivity contribution is 7.90. The molecule has 0 aliphatic heterocycles. The zero-order chi connectivity index (χ0) is 30.0. The molecule has 0 bridgehead atoms. The zero-order valence-corrected chi connectivity index (χ0v) is 26.0. The molecule has 0 amide bonds. The molecule has 0 saturated carbocycles. The predicted molar refractivity (Wildman–Crippen MR) is 161 cm³/mol. The molecule has 3 rings (SSSR count). The third-order valence-corrected chi connectivity index (χ3v) is 10.9. The van der Waals surface area contributed by atoms with E-state index in [1.54, 1.807) is 26.2 Å². The lowest BCUT2D eigenvalue weighted by molar-refractivity contribution is 0.103. The van der Waals surface area contributed by atoms with Gasteiger partial charge in [0, 0.05) is 68.1 Å². The van der Waals surface area contributed by atoms with E-state index in [9.17, 15) is 26.6 Å². The predicted octanol–water partition coefficient (Wildman–Crippen LogP) is 6.05. The van der Waals surface area contributed by atoms with E-state index in [-0.39, 0.29) is 39.1 Å². The molecule has 0 aliphatic carbocycles. The third-order valence-electron chi connectivity index (χ3n) is 6.87. The molecule has 1 aromatic heterocycles. The lowest BCUT2D eigenvalue weighted by Crippen LogP contribution is -2.28. The van der Waals surface area contributed by atoms with Crippen molar-refractivity contribution in [3.8, 4) is 11.1 Å².